The van der Waals surface area contributed by atoms with Crippen molar-refractivity contribution in [3.63, 3.8) is 0 Å². The summed E-state index contributed by atoms with van der Waals surface area (Å²) in [6, 6.07) is 10.7. The van der Waals surface area contributed by atoms with Gasteiger partial charge in [0.2, 0.25) is 0 Å². The first kappa shape index (κ1) is 10.7. The quantitative estimate of drug-likeness (QED) is 0.798. The van der Waals surface area contributed by atoms with Crippen molar-refractivity contribution in [2.24, 2.45) is 11.3 Å². The molecule has 0 aromatic heterocycles. The molecule has 0 amide bonds. The van der Waals surface area contributed by atoms with Gasteiger partial charge in [-0.25, -0.2) is 0 Å². The van der Waals surface area contributed by atoms with E-state index in [2.05, 4.69) is 44.2 Å². The molecule has 2 unspecified atom stereocenters. The van der Waals surface area contributed by atoms with Crippen molar-refractivity contribution < 1.29 is 5.11 Å². The Kier molecular flexibility index (Phi) is 2.83. The van der Waals surface area contributed by atoms with Crippen molar-refractivity contribution >= 4 is 0 Å². The predicted molar refractivity (Wildman–Crippen MR) is 62.8 cm³/mol. The van der Waals surface area contributed by atoms with Gasteiger partial charge in [-0.05, 0) is 35.7 Å². The van der Waals surface area contributed by atoms with E-state index in [0.29, 0.717) is 17.9 Å². The summed E-state index contributed by atoms with van der Waals surface area (Å²) in [7, 11) is 0. The minimum atomic E-state index is 0.328. The lowest BCUT2D eigenvalue weighted by atomic mass is 9.90. The maximum absolute atomic E-state index is 9.01. The first-order valence-corrected chi connectivity index (χ1v) is 5.83. The molecule has 1 nitrogen and oxygen atoms in total. The van der Waals surface area contributed by atoms with Crippen LogP contribution in [0.4, 0.5) is 0 Å². The Bertz CT molecular complexity index is 319. The molecule has 0 radical (unpaired) electrons. The lowest BCUT2D eigenvalue weighted by Gasteiger charge is -2.15. The minimum absolute atomic E-state index is 0.328. The molecule has 15 heavy (non-hydrogen) atoms. The molecule has 0 spiro atoms. The largest absolute Gasteiger partial charge is 0.396 e. The van der Waals surface area contributed by atoms with Gasteiger partial charge in [-0.3, -0.25) is 0 Å². The maximum atomic E-state index is 9.01. The van der Waals surface area contributed by atoms with Crippen molar-refractivity contribution in [3.8, 4) is 0 Å². The van der Waals surface area contributed by atoms with Crippen molar-refractivity contribution in [1.29, 1.82) is 0 Å². The normalized spacial score (nSPS) is 31.3. The van der Waals surface area contributed by atoms with Gasteiger partial charge in [0.15, 0.2) is 0 Å². The van der Waals surface area contributed by atoms with E-state index in [1.807, 2.05) is 0 Å². The van der Waals surface area contributed by atoms with Gasteiger partial charge in [0.25, 0.3) is 0 Å². The van der Waals surface area contributed by atoms with Crippen molar-refractivity contribution in [1.82, 2.24) is 0 Å². The number of aliphatic hydroxyl groups is 1. The Labute approximate surface area is 92.1 Å². The highest BCUT2D eigenvalue weighted by Gasteiger charge is 2.51. The van der Waals surface area contributed by atoms with Crippen LogP contribution in [0, 0.1) is 11.3 Å². The molecule has 1 heteroatoms. The van der Waals surface area contributed by atoms with E-state index >= 15 is 0 Å². The van der Waals surface area contributed by atoms with Gasteiger partial charge in [-0.1, -0.05) is 44.2 Å². The van der Waals surface area contributed by atoms with Crippen LogP contribution in [-0.4, -0.2) is 11.7 Å². The smallest absolute Gasteiger partial charge is 0.0436 e. The second-order valence-electron chi connectivity index (χ2n) is 5.14. The summed E-state index contributed by atoms with van der Waals surface area (Å²) in [4.78, 5) is 0. The molecule has 0 saturated heterocycles. The Hall–Kier alpha value is -0.820. The summed E-state index contributed by atoms with van der Waals surface area (Å²) in [6.45, 7) is 4.93. The van der Waals surface area contributed by atoms with E-state index in [-0.39, 0.29) is 0 Å². The van der Waals surface area contributed by atoms with E-state index in [9.17, 15) is 0 Å². The van der Waals surface area contributed by atoms with Crippen LogP contribution in [0.25, 0.3) is 0 Å². The fourth-order valence-corrected chi connectivity index (χ4v) is 2.76. The zero-order valence-corrected chi connectivity index (χ0v) is 9.61. The fourth-order valence-electron chi connectivity index (χ4n) is 2.76. The van der Waals surface area contributed by atoms with Crippen LogP contribution < -0.4 is 0 Å². The number of aliphatic hydroxyl groups excluding tert-OH is 1. The van der Waals surface area contributed by atoms with Crippen LogP contribution in [0.2, 0.25) is 0 Å². The van der Waals surface area contributed by atoms with E-state index in [0.717, 1.165) is 12.3 Å². The van der Waals surface area contributed by atoms with Crippen LogP contribution in [-0.2, 0) is 0 Å². The van der Waals surface area contributed by atoms with Crippen molar-refractivity contribution in [2.75, 3.05) is 6.61 Å². The molecule has 1 N–H and O–H groups in total. The van der Waals surface area contributed by atoms with E-state index < -0.39 is 0 Å². The highest BCUT2D eigenvalue weighted by atomic mass is 16.3. The summed E-state index contributed by atoms with van der Waals surface area (Å²) in [5, 5.41) is 9.01. The molecule has 1 aliphatic carbocycles. The van der Waals surface area contributed by atoms with Gasteiger partial charge in [0, 0.05) is 6.61 Å². The molecule has 82 valence electrons. The Morgan fingerprint density at radius 3 is 2.67 bits per heavy atom. The number of hydrogen-bond acceptors (Lipinski definition) is 1. The second kappa shape index (κ2) is 3.97. The zero-order valence-electron chi connectivity index (χ0n) is 9.61. The molecule has 2 rings (SSSR count). The molecule has 1 aromatic carbocycles. The maximum Gasteiger partial charge on any atom is 0.0436 e. The average Bonchev–Trinajstić information content (AvgIpc) is 2.91. The van der Waals surface area contributed by atoms with Gasteiger partial charge in [0.1, 0.15) is 0 Å². The minimum Gasteiger partial charge on any atom is -0.396 e. The summed E-state index contributed by atoms with van der Waals surface area (Å²) < 4.78 is 0. The number of hydrogen-bond donors (Lipinski definition) is 1. The molecule has 1 aromatic rings. The average molecular weight is 204 g/mol. The van der Waals surface area contributed by atoms with Crippen LogP contribution in [0.15, 0.2) is 30.3 Å². The van der Waals surface area contributed by atoms with Gasteiger partial charge in [0.05, 0.1) is 0 Å². The third kappa shape index (κ3) is 2.07. The highest BCUT2D eigenvalue weighted by Crippen LogP contribution is 2.60. The first-order valence-electron chi connectivity index (χ1n) is 5.83. The highest BCUT2D eigenvalue weighted by molar-refractivity contribution is 5.23. The van der Waals surface area contributed by atoms with Crippen molar-refractivity contribution in [3.05, 3.63) is 35.9 Å². The van der Waals surface area contributed by atoms with E-state index in [1.165, 1.54) is 12.0 Å². The van der Waals surface area contributed by atoms with Crippen LogP contribution in [0.3, 0.4) is 0 Å². The second-order valence-corrected chi connectivity index (χ2v) is 5.14. The van der Waals surface area contributed by atoms with Crippen LogP contribution >= 0.6 is 0 Å². The van der Waals surface area contributed by atoms with E-state index in [4.69, 9.17) is 5.11 Å². The number of benzene rings is 1. The monoisotopic (exact) mass is 204 g/mol. The molecule has 1 fully saturated rings. The molecule has 3 atom stereocenters. The first-order chi connectivity index (χ1) is 7.17. The SMILES string of the molecule is C[C@@H](c1ccccc1)C1CC1(C)CCO. The third-order valence-corrected chi connectivity index (χ3v) is 4.03. The summed E-state index contributed by atoms with van der Waals surface area (Å²) in [5.74, 6) is 1.38. The third-order valence-electron chi connectivity index (χ3n) is 4.03. The molecule has 0 heterocycles. The van der Waals surface area contributed by atoms with Gasteiger partial charge < -0.3 is 5.11 Å². The van der Waals surface area contributed by atoms with E-state index in [1.54, 1.807) is 0 Å². The van der Waals surface area contributed by atoms with Gasteiger partial charge in [-0.2, -0.15) is 0 Å². The Morgan fingerprint density at radius 1 is 1.40 bits per heavy atom. The summed E-state index contributed by atoms with van der Waals surface area (Å²) in [5.41, 5.74) is 1.83. The molecular formula is C14H20O. The Balaban J connectivity index is 2.03. The lowest BCUT2D eigenvalue weighted by molar-refractivity contribution is 0.245. The number of rotatable bonds is 4. The summed E-state index contributed by atoms with van der Waals surface area (Å²) >= 11 is 0. The zero-order chi connectivity index (χ0) is 10.9. The molecule has 0 bridgehead atoms. The van der Waals surface area contributed by atoms with Gasteiger partial charge >= 0.3 is 0 Å². The topological polar surface area (TPSA) is 20.2 Å². The molecule has 0 aliphatic heterocycles. The molecule has 1 aliphatic rings. The summed E-state index contributed by atoms with van der Waals surface area (Å²) in [6.07, 6.45) is 2.22. The molecule has 1 saturated carbocycles. The standard InChI is InChI=1S/C14H20O/c1-11(12-6-4-3-5-7-12)13-10-14(13,2)8-9-15/h3-7,11,13,15H,8-10H2,1-2H3/t11-,13?,14?/m0/s1. The van der Waals surface area contributed by atoms with Crippen molar-refractivity contribution in [2.45, 2.75) is 32.6 Å². The van der Waals surface area contributed by atoms with Crippen LogP contribution in [0.5, 0.6) is 0 Å². The van der Waals surface area contributed by atoms with Crippen LogP contribution in [0.1, 0.15) is 38.2 Å². The lowest BCUT2D eigenvalue weighted by Crippen LogP contribution is -2.06. The predicted octanol–water partition coefficient (Wildman–Crippen LogP) is 3.20. The Morgan fingerprint density at radius 2 is 2.07 bits per heavy atom. The van der Waals surface area contributed by atoms with Gasteiger partial charge in [-0.15, -0.1) is 0 Å². The molecular weight excluding hydrogens is 184 g/mol. The fraction of sp³-hybridized carbons (Fsp3) is 0.571.